The van der Waals surface area contributed by atoms with Crippen molar-refractivity contribution in [3.05, 3.63) is 64.7 Å². The molecule has 0 aliphatic carbocycles. The van der Waals surface area contributed by atoms with E-state index in [2.05, 4.69) is 0 Å². The molecule has 27 heavy (non-hydrogen) atoms. The fraction of sp³-hybridized carbons (Fsp3) is 0.316. The highest BCUT2D eigenvalue weighted by atomic mass is 32.2. The fourth-order valence-electron chi connectivity index (χ4n) is 3.44. The van der Waals surface area contributed by atoms with E-state index in [1.807, 2.05) is 6.92 Å². The molecule has 0 saturated heterocycles. The van der Waals surface area contributed by atoms with Crippen molar-refractivity contribution in [2.45, 2.75) is 25.9 Å². The van der Waals surface area contributed by atoms with Crippen LogP contribution < -0.4 is 4.31 Å². The number of benzene rings is 2. The third-order valence-electron chi connectivity index (χ3n) is 4.61. The quantitative estimate of drug-likeness (QED) is 0.801. The number of hydrogen-bond acceptors (Lipinski definition) is 3. The van der Waals surface area contributed by atoms with Gasteiger partial charge in [-0.1, -0.05) is 6.07 Å². The molecule has 8 heteroatoms. The molecule has 1 atom stereocenters. The number of carbonyl (C=O) groups is 1. The SMILES string of the molecule is CC1Cc2cc(C(=O)N(C)Cc3ccc(F)cc3F)ccc2N1S(C)(=O)=O. The summed E-state index contributed by atoms with van der Waals surface area (Å²) in [5, 5.41) is 0. The zero-order chi connectivity index (χ0) is 19.9. The number of nitrogens with zero attached hydrogens (tertiary/aromatic N) is 2. The average molecular weight is 394 g/mol. The molecule has 1 aliphatic rings. The highest BCUT2D eigenvalue weighted by molar-refractivity contribution is 7.92. The maximum atomic E-state index is 13.8. The van der Waals surface area contributed by atoms with E-state index >= 15 is 0 Å². The van der Waals surface area contributed by atoms with Gasteiger partial charge in [0, 0.05) is 36.8 Å². The number of sulfonamides is 1. The number of amides is 1. The Labute approximate surface area is 157 Å². The first kappa shape index (κ1) is 19.3. The number of halogens is 2. The Morgan fingerprint density at radius 2 is 1.93 bits per heavy atom. The van der Waals surface area contributed by atoms with E-state index in [-0.39, 0.29) is 24.1 Å². The molecule has 2 aromatic carbocycles. The predicted octanol–water partition coefficient (Wildman–Crippen LogP) is 2.95. The van der Waals surface area contributed by atoms with Gasteiger partial charge in [0.1, 0.15) is 11.6 Å². The van der Waals surface area contributed by atoms with Crippen molar-refractivity contribution in [2.24, 2.45) is 0 Å². The van der Waals surface area contributed by atoms with Crippen LogP contribution in [0.5, 0.6) is 0 Å². The van der Waals surface area contributed by atoms with Crippen LogP contribution in [0.15, 0.2) is 36.4 Å². The van der Waals surface area contributed by atoms with Crippen molar-refractivity contribution >= 4 is 21.6 Å². The molecule has 3 rings (SSSR count). The second-order valence-electron chi connectivity index (χ2n) is 6.85. The third-order valence-corrected chi connectivity index (χ3v) is 5.88. The lowest BCUT2D eigenvalue weighted by molar-refractivity contribution is 0.0783. The highest BCUT2D eigenvalue weighted by Gasteiger charge is 2.33. The maximum Gasteiger partial charge on any atom is 0.253 e. The van der Waals surface area contributed by atoms with Crippen molar-refractivity contribution in [3.63, 3.8) is 0 Å². The van der Waals surface area contributed by atoms with Crippen LogP contribution in [0.3, 0.4) is 0 Å². The molecule has 0 radical (unpaired) electrons. The van der Waals surface area contributed by atoms with E-state index in [1.165, 1.54) is 22.3 Å². The number of rotatable bonds is 4. The minimum atomic E-state index is -3.40. The van der Waals surface area contributed by atoms with Crippen LogP contribution >= 0.6 is 0 Å². The number of anilines is 1. The first-order valence-corrected chi connectivity index (χ1v) is 10.2. The monoisotopic (exact) mass is 394 g/mol. The molecule has 0 saturated carbocycles. The first-order valence-electron chi connectivity index (χ1n) is 8.39. The molecule has 1 unspecified atom stereocenters. The van der Waals surface area contributed by atoms with Crippen LogP contribution in [0.4, 0.5) is 14.5 Å². The molecule has 0 fully saturated rings. The normalized spacial score (nSPS) is 16.3. The Morgan fingerprint density at radius 3 is 2.56 bits per heavy atom. The number of fused-ring (bicyclic) bond motifs is 1. The largest absolute Gasteiger partial charge is 0.337 e. The summed E-state index contributed by atoms with van der Waals surface area (Å²) in [7, 11) is -1.87. The Balaban J connectivity index is 1.83. The summed E-state index contributed by atoms with van der Waals surface area (Å²) in [5.74, 6) is -1.71. The summed E-state index contributed by atoms with van der Waals surface area (Å²) in [6.07, 6.45) is 1.67. The molecule has 0 spiro atoms. The van der Waals surface area contributed by atoms with Crippen LogP contribution in [0.1, 0.15) is 28.4 Å². The molecule has 144 valence electrons. The van der Waals surface area contributed by atoms with E-state index in [4.69, 9.17) is 0 Å². The van der Waals surface area contributed by atoms with Crippen LogP contribution in [-0.4, -0.2) is 38.6 Å². The second kappa shape index (κ2) is 6.92. The van der Waals surface area contributed by atoms with Crippen molar-refractivity contribution < 1.29 is 22.0 Å². The second-order valence-corrected chi connectivity index (χ2v) is 8.71. The van der Waals surface area contributed by atoms with Gasteiger partial charge in [-0.3, -0.25) is 9.10 Å². The minimum absolute atomic E-state index is 0.00605. The van der Waals surface area contributed by atoms with Gasteiger partial charge in [-0.2, -0.15) is 0 Å². The van der Waals surface area contributed by atoms with Crippen LogP contribution in [0.2, 0.25) is 0 Å². The van der Waals surface area contributed by atoms with Gasteiger partial charge in [0.05, 0.1) is 11.9 Å². The predicted molar refractivity (Wildman–Crippen MR) is 99.1 cm³/mol. The molecular weight excluding hydrogens is 374 g/mol. The smallest absolute Gasteiger partial charge is 0.253 e. The molecule has 2 aromatic rings. The topological polar surface area (TPSA) is 57.7 Å². The van der Waals surface area contributed by atoms with Crippen molar-refractivity contribution in [1.82, 2.24) is 4.90 Å². The lowest BCUT2D eigenvalue weighted by atomic mass is 10.1. The summed E-state index contributed by atoms with van der Waals surface area (Å²) in [5.41, 5.74) is 1.96. The Bertz CT molecular complexity index is 1010. The van der Waals surface area contributed by atoms with Gasteiger partial charge >= 0.3 is 0 Å². The standard InChI is InChI=1S/C19H20F2N2O3S/c1-12-8-15-9-13(5-7-18(15)23(12)27(3,25)26)19(24)22(2)11-14-4-6-16(20)10-17(14)21/h4-7,9-10,12H,8,11H2,1-3H3. The molecule has 0 aromatic heterocycles. The minimum Gasteiger partial charge on any atom is -0.337 e. The maximum absolute atomic E-state index is 13.8. The van der Waals surface area contributed by atoms with Gasteiger partial charge in [0.2, 0.25) is 10.0 Å². The van der Waals surface area contributed by atoms with E-state index in [0.717, 1.165) is 24.0 Å². The van der Waals surface area contributed by atoms with Gasteiger partial charge in [0.25, 0.3) is 5.91 Å². The zero-order valence-corrected chi connectivity index (χ0v) is 16.1. The summed E-state index contributed by atoms with van der Waals surface area (Å²) < 4.78 is 52.1. The fourth-order valence-corrected chi connectivity index (χ4v) is 4.70. The van der Waals surface area contributed by atoms with E-state index < -0.39 is 21.7 Å². The van der Waals surface area contributed by atoms with Crippen molar-refractivity contribution in [2.75, 3.05) is 17.6 Å². The lowest BCUT2D eigenvalue weighted by Gasteiger charge is -2.22. The molecular formula is C19H20F2N2O3S. The van der Waals surface area contributed by atoms with Gasteiger partial charge in [0.15, 0.2) is 0 Å². The summed E-state index contributed by atoms with van der Waals surface area (Å²) in [4.78, 5) is 14.0. The summed E-state index contributed by atoms with van der Waals surface area (Å²) >= 11 is 0. The van der Waals surface area contributed by atoms with Crippen molar-refractivity contribution in [1.29, 1.82) is 0 Å². The van der Waals surface area contributed by atoms with Crippen LogP contribution in [0.25, 0.3) is 0 Å². The number of hydrogen-bond donors (Lipinski definition) is 0. The van der Waals surface area contributed by atoms with Gasteiger partial charge in [-0.05, 0) is 43.2 Å². The van der Waals surface area contributed by atoms with E-state index in [9.17, 15) is 22.0 Å². The van der Waals surface area contributed by atoms with Crippen LogP contribution in [0, 0.1) is 11.6 Å². The Hall–Kier alpha value is -2.48. The molecule has 0 bridgehead atoms. The van der Waals surface area contributed by atoms with Crippen LogP contribution in [-0.2, 0) is 23.0 Å². The molecule has 1 heterocycles. The summed E-state index contributed by atoms with van der Waals surface area (Å²) in [6, 6.07) is 7.89. The van der Waals surface area contributed by atoms with E-state index in [0.29, 0.717) is 17.7 Å². The summed E-state index contributed by atoms with van der Waals surface area (Å²) in [6.45, 7) is 1.81. The molecule has 5 nitrogen and oxygen atoms in total. The molecule has 0 N–H and O–H groups in total. The first-order chi connectivity index (χ1) is 12.6. The highest BCUT2D eigenvalue weighted by Crippen LogP contribution is 2.34. The third kappa shape index (κ3) is 3.80. The Morgan fingerprint density at radius 1 is 1.22 bits per heavy atom. The molecule has 1 aliphatic heterocycles. The Kier molecular flexibility index (Phi) is 4.94. The zero-order valence-electron chi connectivity index (χ0n) is 15.2. The van der Waals surface area contributed by atoms with Gasteiger partial charge in [-0.15, -0.1) is 0 Å². The van der Waals surface area contributed by atoms with Gasteiger partial charge in [-0.25, -0.2) is 17.2 Å². The average Bonchev–Trinajstić information content (AvgIpc) is 2.91. The van der Waals surface area contributed by atoms with Gasteiger partial charge < -0.3 is 4.90 Å². The van der Waals surface area contributed by atoms with E-state index in [1.54, 1.807) is 18.2 Å². The lowest BCUT2D eigenvalue weighted by Crippen LogP contribution is -2.34. The van der Waals surface area contributed by atoms with Crippen molar-refractivity contribution in [3.8, 4) is 0 Å². The molecule has 1 amide bonds. The number of carbonyl (C=O) groups excluding carboxylic acids is 1.